The Bertz CT molecular complexity index is 94.6. The van der Waals surface area contributed by atoms with Gasteiger partial charge < -0.3 is 5.11 Å². The number of allylic oxidation sites excluding steroid dienone is 1. The predicted octanol–water partition coefficient (Wildman–Crippen LogP) is 3.38. The smallest absolute Gasteiger partial charge is 0.162 e. The van der Waals surface area contributed by atoms with Gasteiger partial charge in [-0.1, -0.05) is 13.3 Å². The number of aliphatic hydroxyl groups is 1. The van der Waals surface area contributed by atoms with Crippen molar-refractivity contribution in [1.29, 1.82) is 0 Å². The van der Waals surface area contributed by atoms with E-state index in [1.165, 1.54) is 0 Å². The van der Waals surface area contributed by atoms with Crippen LogP contribution in [0.2, 0.25) is 0 Å². The number of hydrogen-bond donors (Lipinski definition) is 1. The molecule has 0 unspecified atom stereocenters. The third-order valence-corrected chi connectivity index (χ3v) is 3.43. The lowest BCUT2D eigenvalue weighted by atomic mass is 10.3. The largest absolute Gasteiger partial charge is 0.502 e. The molecule has 0 fully saturated rings. The zero-order valence-corrected chi connectivity index (χ0v) is 8.93. The second-order valence-electron chi connectivity index (χ2n) is 1.45. The quantitative estimate of drug-likeness (QED) is 0.605. The van der Waals surface area contributed by atoms with Crippen LogP contribution in [0, 0.1) is 0 Å². The van der Waals surface area contributed by atoms with Crippen LogP contribution >= 0.6 is 45.2 Å². The second-order valence-corrected chi connectivity index (χ2v) is 3.77. The minimum Gasteiger partial charge on any atom is -0.502 e. The van der Waals surface area contributed by atoms with Crippen molar-refractivity contribution in [2.45, 2.75) is 19.8 Å². The zero-order chi connectivity index (χ0) is 6.57. The highest BCUT2D eigenvalue weighted by Gasteiger charge is 1.93. The monoisotopic (exact) mass is 338 g/mol. The van der Waals surface area contributed by atoms with Crippen LogP contribution < -0.4 is 0 Å². The van der Waals surface area contributed by atoms with E-state index in [4.69, 9.17) is 5.11 Å². The summed E-state index contributed by atoms with van der Waals surface area (Å²) in [4.78, 5) is 0. The molecule has 0 aliphatic carbocycles. The first-order valence-corrected chi connectivity index (χ1v) is 4.57. The van der Waals surface area contributed by atoms with Crippen LogP contribution in [-0.4, -0.2) is 5.11 Å². The van der Waals surface area contributed by atoms with Crippen LogP contribution in [0.1, 0.15) is 19.8 Å². The van der Waals surface area contributed by atoms with Gasteiger partial charge in [0.15, 0.2) is 3.77 Å². The van der Waals surface area contributed by atoms with Gasteiger partial charge in [0.05, 0.1) is 0 Å². The molecule has 0 aliphatic rings. The standard InChI is InChI=1S/C5H8I2O/c1-2-3-4(6)5(7)8/h8H,2-3H2,1H3/b5-4-. The van der Waals surface area contributed by atoms with Crippen molar-refractivity contribution in [3.05, 3.63) is 7.35 Å². The van der Waals surface area contributed by atoms with Gasteiger partial charge in [0, 0.05) is 3.58 Å². The molecular formula is C5H8I2O. The van der Waals surface area contributed by atoms with Crippen LogP contribution in [0.15, 0.2) is 7.35 Å². The van der Waals surface area contributed by atoms with Crippen LogP contribution in [0.4, 0.5) is 0 Å². The number of halogens is 2. The van der Waals surface area contributed by atoms with Crippen LogP contribution in [0.5, 0.6) is 0 Å². The van der Waals surface area contributed by atoms with Crippen molar-refractivity contribution in [2.24, 2.45) is 0 Å². The van der Waals surface area contributed by atoms with Crippen LogP contribution in [-0.2, 0) is 0 Å². The summed E-state index contributed by atoms with van der Waals surface area (Å²) in [6, 6.07) is 0. The molecule has 0 aliphatic heterocycles. The van der Waals surface area contributed by atoms with Crippen molar-refractivity contribution in [3.63, 3.8) is 0 Å². The molecule has 0 rings (SSSR count). The molecule has 0 amide bonds. The predicted molar refractivity (Wildman–Crippen MR) is 52.6 cm³/mol. The van der Waals surface area contributed by atoms with E-state index in [2.05, 4.69) is 29.5 Å². The van der Waals surface area contributed by atoms with Gasteiger partial charge in [-0.15, -0.1) is 0 Å². The maximum Gasteiger partial charge on any atom is 0.162 e. The Morgan fingerprint density at radius 3 is 2.12 bits per heavy atom. The normalized spacial score (nSPS) is 13.4. The molecule has 0 atom stereocenters. The Morgan fingerprint density at radius 2 is 2.00 bits per heavy atom. The van der Waals surface area contributed by atoms with Gasteiger partial charge in [-0.25, -0.2) is 0 Å². The summed E-state index contributed by atoms with van der Waals surface area (Å²) >= 11 is 4.07. The molecule has 3 heteroatoms. The Hall–Kier alpha value is 1.00. The van der Waals surface area contributed by atoms with E-state index < -0.39 is 0 Å². The fraction of sp³-hybridized carbons (Fsp3) is 0.600. The first kappa shape index (κ1) is 9.00. The summed E-state index contributed by atoms with van der Waals surface area (Å²) in [7, 11) is 0. The summed E-state index contributed by atoms with van der Waals surface area (Å²) in [5.41, 5.74) is 0. The maximum absolute atomic E-state index is 8.81. The topological polar surface area (TPSA) is 20.2 Å². The number of rotatable bonds is 2. The zero-order valence-electron chi connectivity index (χ0n) is 4.62. The van der Waals surface area contributed by atoms with Crippen molar-refractivity contribution in [2.75, 3.05) is 0 Å². The fourth-order valence-corrected chi connectivity index (χ4v) is 1.13. The number of hydrogen-bond acceptors (Lipinski definition) is 1. The van der Waals surface area contributed by atoms with Crippen molar-refractivity contribution in [3.8, 4) is 0 Å². The highest BCUT2D eigenvalue weighted by molar-refractivity contribution is 14.1. The lowest BCUT2D eigenvalue weighted by Gasteiger charge is -1.93. The average Bonchev–Trinajstić information content (AvgIpc) is 1.67. The average molecular weight is 338 g/mol. The highest BCUT2D eigenvalue weighted by atomic mass is 127. The van der Waals surface area contributed by atoms with E-state index in [0.717, 1.165) is 16.4 Å². The van der Waals surface area contributed by atoms with Gasteiger partial charge in [-0.2, -0.15) is 0 Å². The molecule has 8 heavy (non-hydrogen) atoms. The van der Waals surface area contributed by atoms with Gasteiger partial charge in [-0.3, -0.25) is 0 Å². The number of aliphatic hydroxyl groups excluding tert-OH is 1. The molecule has 1 nitrogen and oxygen atoms in total. The van der Waals surface area contributed by atoms with Gasteiger partial charge in [0.25, 0.3) is 0 Å². The van der Waals surface area contributed by atoms with Crippen molar-refractivity contribution >= 4 is 45.2 Å². The van der Waals surface area contributed by atoms with E-state index in [0.29, 0.717) is 3.77 Å². The minimum absolute atomic E-state index is 0.435. The first-order valence-electron chi connectivity index (χ1n) is 2.41. The van der Waals surface area contributed by atoms with E-state index in [1.807, 2.05) is 22.6 Å². The molecule has 0 bridgehead atoms. The SMILES string of the molecule is CCC/C(I)=C(/O)I. The molecule has 0 radical (unpaired) electrons. The summed E-state index contributed by atoms with van der Waals surface area (Å²) in [6.07, 6.45) is 2.10. The fourth-order valence-electron chi connectivity index (χ4n) is 0.323. The van der Waals surface area contributed by atoms with Gasteiger partial charge >= 0.3 is 0 Å². The summed E-state index contributed by atoms with van der Waals surface area (Å²) < 4.78 is 1.50. The summed E-state index contributed by atoms with van der Waals surface area (Å²) in [5, 5.41) is 8.81. The van der Waals surface area contributed by atoms with E-state index in [1.54, 1.807) is 0 Å². The van der Waals surface area contributed by atoms with E-state index in [-0.39, 0.29) is 0 Å². The Morgan fingerprint density at radius 1 is 1.50 bits per heavy atom. The third kappa shape index (κ3) is 3.94. The van der Waals surface area contributed by atoms with Crippen molar-refractivity contribution in [1.82, 2.24) is 0 Å². The molecule has 48 valence electrons. The summed E-state index contributed by atoms with van der Waals surface area (Å²) in [6.45, 7) is 2.10. The molecular weight excluding hydrogens is 330 g/mol. The molecule has 0 heterocycles. The van der Waals surface area contributed by atoms with Gasteiger partial charge in [-0.05, 0) is 51.6 Å². The summed E-state index contributed by atoms with van der Waals surface area (Å²) in [5.74, 6) is 0. The van der Waals surface area contributed by atoms with Gasteiger partial charge in [0.1, 0.15) is 0 Å². The van der Waals surface area contributed by atoms with E-state index in [9.17, 15) is 0 Å². The third-order valence-electron chi connectivity index (χ3n) is 0.693. The Kier molecular flexibility index (Phi) is 5.44. The van der Waals surface area contributed by atoms with Gasteiger partial charge in [0.2, 0.25) is 0 Å². The van der Waals surface area contributed by atoms with Crippen LogP contribution in [0.25, 0.3) is 0 Å². The van der Waals surface area contributed by atoms with E-state index >= 15 is 0 Å². The second kappa shape index (κ2) is 4.84. The molecule has 1 N–H and O–H groups in total. The Labute approximate surface area is 76.8 Å². The molecule has 0 aromatic rings. The van der Waals surface area contributed by atoms with Crippen molar-refractivity contribution < 1.29 is 5.11 Å². The maximum atomic E-state index is 8.81. The Balaban J connectivity index is 3.62. The lowest BCUT2D eigenvalue weighted by Crippen LogP contribution is -1.73. The molecule has 0 saturated carbocycles. The highest BCUT2D eigenvalue weighted by Crippen LogP contribution is 2.20. The molecule has 0 aromatic carbocycles. The molecule has 0 saturated heterocycles. The first-order chi connectivity index (χ1) is 3.68. The van der Waals surface area contributed by atoms with Crippen LogP contribution in [0.3, 0.4) is 0 Å². The molecule has 0 spiro atoms. The lowest BCUT2D eigenvalue weighted by molar-refractivity contribution is 0.461. The minimum atomic E-state index is 0.435. The molecule has 0 aromatic heterocycles.